The van der Waals surface area contributed by atoms with Gasteiger partial charge in [0.2, 0.25) is 0 Å². The van der Waals surface area contributed by atoms with Gasteiger partial charge >= 0.3 is 5.97 Å². The summed E-state index contributed by atoms with van der Waals surface area (Å²) in [5.74, 6) is -0.877. The fourth-order valence-corrected chi connectivity index (χ4v) is 2.97. The van der Waals surface area contributed by atoms with Gasteiger partial charge in [0, 0.05) is 17.1 Å². The molecule has 0 saturated heterocycles. The molecular weight excluding hydrogens is 238 g/mol. The highest BCUT2D eigenvalue weighted by Gasteiger charge is 2.17. The standard InChI is InChI=1S/C16H17NO2/c1-11-10-13-4-2-3-5-15(13)17(11)14-8-6-12(7-9-14)16(18)19/h6-10H,2-5H2,1H3,(H,18,19). The van der Waals surface area contributed by atoms with Crippen molar-refractivity contribution in [2.45, 2.75) is 32.6 Å². The Morgan fingerprint density at radius 3 is 2.53 bits per heavy atom. The minimum Gasteiger partial charge on any atom is -0.478 e. The molecule has 98 valence electrons. The van der Waals surface area contributed by atoms with Crippen molar-refractivity contribution in [1.82, 2.24) is 4.57 Å². The summed E-state index contributed by atoms with van der Waals surface area (Å²) in [5.41, 5.74) is 5.47. The molecule has 0 saturated carbocycles. The quantitative estimate of drug-likeness (QED) is 0.894. The first-order valence-electron chi connectivity index (χ1n) is 6.70. The Morgan fingerprint density at radius 1 is 1.16 bits per heavy atom. The third-order valence-corrected chi connectivity index (χ3v) is 3.86. The third-order valence-electron chi connectivity index (χ3n) is 3.86. The number of hydrogen-bond acceptors (Lipinski definition) is 1. The number of aromatic nitrogens is 1. The number of hydrogen-bond donors (Lipinski definition) is 1. The Balaban J connectivity index is 2.06. The fraction of sp³-hybridized carbons (Fsp3) is 0.312. The smallest absolute Gasteiger partial charge is 0.335 e. The van der Waals surface area contributed by atoms with Crippen molar-refractivity contribution in [3.8, 4) is 5.69 Å². The Labute approximate surface area is 112 Å². The molecule has 0 amide bonds. The monoisotopic (exact) mass is 255 g/mol. The highest BCUT2D eigenvalue weighted by atomic mass is 16.4. The highest BCUT2D eigenvalue weighted by molar-refractivity contribution is 5.87. The van der Waals surface area contributed by atoms with Crippen LogP contribution in [0.2, 0.25) is 0 Å². The van der Waals surface area contributed by atoms with Crippen LogP contribution in [0.5, 0.6) is 0 Å². The van der Waals surface area contributed by atoms with Gasteiger partial charge in [0.1, 0.15) is 0 Å². The van der Waals surface area contributed by atoms with Crippen LogP contribution >= 0.6 is 0 Å². The Hall–Kier alpha value is -2.03. The largest absolute Gasteiger partial charge is 0.478 e. The van der Waals surface area contributed by atoms with Crippen LogP contribution in [0.15, 0.2) is 30.3 Å². The van der Waals surface area contributed by atoms with Crippen molar-refractivity contribution < 1.29 is 9.90 Å². The summed E-state index contributed by atoms with van der Waals surface area (Å²) in [6.45, 7) is 2.11. The lowest BCUT2D eigenvalue weighted by Crippen LogP contribution is -2.08. The molecule has 0 bridgehead atoms. The molecule has 1 aliphatic rings. The minimum absolute atomic E-state index is 0.336. The van der Waals surface area contributed by atoms with Crippen LogP contribution in [0.4, 0.5) is 0 Å². The normalized spacial score (nSPS) is 14.2. The average molecular weight is 255 g/mol. The molecule has 0 radical (unpaired) electrons. The van der Waals surface area contributed by atoms with E-state index in [2.05, 4.69) is 17.6 Å². The number of aryl methyl sites for hydroxylation is 2. The van der Waals surface area contributed by atoms with E-state index < -0.39 is 5.97 Å². The number of aromatic carboxylic acids is 1. The molecular formula is C16H17NO2. The van der Waals surface area contributed by atoms with Gasteiger partial charge in [-0.3, -0.25) is 0 Å². The van der Waals surface area contributed by atoms with Gasteiger partial charge in [-0.05, 0) is 68.5 Å². The Bertz CT molecular complexity index is 623. The first kappa shape index (κ1) is 12.0. The molecule has 1 N–H and O–H groups in total. The summed E-state index contributed by atoms with van der Waals surface area (Å²) in [4.78, 5) is 10.9. The maximum absolute atomic E-state index is 10.9. The zero-order valence-electron chi connectivity index (χ0n) is 11.0. The second-order valence-electron chi connectivity index (χ2n) is 5.15. The van der Waals surface area contributed by atoms with E-state index >= 15 is 0 Å². The number of rotatable bonds is 2. The molecule has 2 aromatic rings. The number of fused-ring (bicyclic) bond motifs is 1. The molecule has 0 unspecified atom stereocenters. The molecule has 0 fully saturated rings. The maximum atomic E-state index is 10.9. The van der Waals surface area contributed by atoms with Gasteiger partial charge in [0.15, 0.2) is 0 Å². The minimum atomic E-state index is -0.877. The van der Waals surface area contributed by atoms with Crippen LogP contribution in [0, 0.1) is 6.92 Å². The average Bonchev–Trinajstić information content (AvgIpc) is 2.74. The Kier molecular flexibility index (Phi) is 2.90. The molecule has 0 atom stereocenters. The van der Waals surface area contributed by atoms with Crippen molar-refractivity contribution >= 4 is 5.97 Å². The summed E-state index contributed by atoms with van der Waals surface area (Å²) in [5, 5.41) is 8.95. The third kappa shape index (κ3) is 2.05. The number of carboxylic acids is 1. The van der Waals surface area contributed by atoms with E-state index in [9.17, 15) is 4.79 Å². The van der Waals surface area contributed by atoms with Crippen LogP contribution in [0.25, 0.3) is 5.69 Å². The van der Waals surface area contributed by atoms with E-state index in [1.807, 2.05) is 12.1 Å². The fourth-order valence-electron chi connectivity index (χ4n) is 2.97. The van der Waals surface area contributed by atoms with Crippen molar-refractivity contribution in [3.05, 3.63) is 52.8 Å². The first-order valence-corrected chi connectivity index (χ1v) is 6.70. The van der Waals surface area contributed by atoms with E-state index in [-0.39, 0.29) is 0 Å². The molecule has 3 nitrogen and oxygen atoms in total. The molecule has 3 heteroatoms. The second kappa shape index (κ2) is 4.57. The maximum Gasteiger partial charge on any atom is 0.335 e. The summed E-state index contributed by atoms with van der Waals surface area (Å²) >= 11 is 0. The molecule has 3 rings (SSSR count). The van der Waals surface area contributed by atoms with Crippen molar-refractivity contribution in [3.63, 3.8) is 0 Å². The van der Waals surface area contributed by atoms with Gasteiger partial charge in [-0.25, -0.2) is 4.79 Å². The van der Waals surface area contributed by atoms with Crippen LogP contribution in [0.1, 0.15) is 40.2 Å². The first-order chi connectivity index (χ1) is 9.16. The van der Waals surface area contributed by atoms with Crippen LogP contribution in [0.3, 0.4) is 0 Å². The molecule has 19 heavy (non-hydrogen) atoms. The molecule has 1 aliphatic carbocycles. The summed E-state index contributed by atoms with van der Waals surface area (Å²) < 4.78 is 2.26. The number of carbonyl (C=O) groups is 1. The van der Waals surface area contributed by atoms with Crippen molar-refractivity contribution in [2.24, 2.45) is 0 Å². The van der Waals surface area contributed by atoms with E-state index in [4.69, 9.17) is 5.11 Å². The summed E-state index contributed by atoms with van der Waals surface area (Å²) in [6.07, 6.45) is 4.79. The van der Waals surface area contributed by atoms with Crippen molar-refractivity contribution in [2.75, 3.05) is 0 Å². The van der Waals surface area contributed by atoms with Gasteiger partial charge in [-0.1, -0.05) is 0 Å². The number of carboxylic acid groups (broad SMARTS) is 1. The van der Waals surface area contributed by atoms with Gasteiger partial charge in [0.05, 0.1) is 5.56 Å². The Morgan fingerprint density at radius 2 is 1.84 bits per heavy atom. The molecule has 1 aromatic heterocycles. The number of nitrogens with zero attached hydrogens (tertiary/aromatic N) is 1. The highest BCUT2D eigenvalue weighted by Crippen LogP contribution is 2.28. The summed E-state index contributed by atoms with van der Waals surface area (Å²) in [6, 6.07) is 9.40. The molecule has 1 heterocycles. The summed E-state index contributed by atoms with van der Waals surface area (Å²) in [7, 11) is 0. The topological polar surface area (TPSA) is 42.2 Å². The zero-order valence-corrected chi connectivity index (χ0v) is 11.0. The van der Waals surface area contributed by atoms with Crippen LogP contribution in [-0.2, 0) is 12.8 Å². The van der Waals surface area contributed by atoms with E-state index in [0.717, 1.165) is 18.5 Å². The number of benzene rings is 1. The lowest BCUT2D eigenvalue weighted by atomic mass is 9.98. The van der Waals surface area contributed by atoms with Crippen molar-refractivity contribution in [1.29, 1.82) is 0 Å². The van der Waals surface area contributed by atoms with Gasteiger partial charge < -0.3 is 9.67 Å². The molecule has 1 aromatic carbocycles. The lowest BCUT2D eigenvalue weighted by molar-refractivity contribution is 0.0697. The molecule has 0 aliphatic heterocycles. The second-order valence-corrected chi connectivity index (χ2v) is 5.15. The molecule has 0 spiro atoms. The van der Waals surface area contributed by atoms with E-state index in [1.165, 1.54) is 29.8 Å². The lowest BCUT2D eigenvalue weighted by Gasteiger charge is -2.16. The SMILES string of the molecule is Cc1cc2c(n1-c1ccc(C(=O)O)cc1)CCCC2. The zero-order chi connectivity index (χ0) is 13.4. The predicted molar refractivity (Wildman–Crippen MR) is 74.1 cm³/mol. The van der Waals surface area contributed by atoms with Gasteiger partial charge in [-0.2, -0.15) is 0 Å². The van der Waals surface area contributed by atoms with Gasteiger partial charge in [0.25, 0.3) is 0 Å². The van der Waals surface area contributed by atoms with Crippen LogP contribution < -0.4 is 0 Å². The van der Waals surface area contributed by atoms with Gasteiger partial charge in [-0.15, -0.1) is 0 Å². The van der Waals surface area contributed by atoms with E-state index in [1.54, 1.807) is 12.1 Å². The van der Waals surface area contributed by atoms with E-state index in [0.29, 0.717) is 5.56 Å². The predicted octanol–water partition coefficient (Wildman–Crippen LogP) is 3.36. The van der Waals surface area contributed by atoms with Crippen LogP contribution in [-0.4, -0.2) is 15.6 Å².